The van der Waals surface area contributed by atoms with Crippen LogP contribution in [0.2, 0.25) is 0 Å². The molecule has 2 rings (SSSR count). The first-order valence-corrected chi connectivity index (χ1v) is 7.24. The summed E-state index contributed by atoms with van der Waals surface area (Å²) in [6, 6.07) is 18.7. The Kier molecular flexibility index (Phi) is 5.78. The van der Waals surface area contributed by atoms with Gasteiger partial charge in [-0.3, -0.25) is 0 Å². The summed E-state index contributed by atoms with van der Waals surface area (Å²) in [6.45, 7) is 4.23. The van der Waals surface area contributed by atoms with Gasteiger partial charge in [-0.25, -0.2) is 0 Å². The molecule has 0 bridgehead atoms. The number of hydrogen-bond donors (Lipinski definition) is 2. The number of benzene rings is 2. The molecule has 0 spiro atoms. The van der Waals surface area contributed by atoms with Crippen molar-refractivity contribution in [3.63, 3.8) is 0 Å². The topological polar surface area (TPSA) is 32.3 Å². The molecule has 0 saturated carbocycles. The van der Waals surface area contributed by atoms with E-state index in [1.165, 1.54) is 11.1 Å². The molecule has 0 saturated heterocycles. The summed E-state index contributed by atoms with van der Waals surface area (Å²) in [6.07, 6.45) is 1.13. The molecule has 0 heterocycles. The van der Waals surface area contributed by atoms with E-state index >= 15 is 0 Å². The molecule has 2 aromatic carbocycles. The SMILES string of the molecule is CC(CCNCc1cccc(CO)c1)c1ccccc1. The first kappa shape index (κ1) is 14.8. The molecule has 1 unspecified atom stereocenters. The van der Waals surface area contributed by atoms with Crippen molar-refractivity contribution in [3.8, 4) is 0 Å². The first-order valence-electron chi connectivity index (χ1n) is 7.24. The molecule has 2 aromatic rings. The van der Waals surface area contributed by atoms with Crippen LogP contribution < -0.4 is 5.32 Å². The van der Waals surface area contributed by atoms with E-state index in [0.717, 1.165) is 25.1 Å². The van der Waals surface area contributed by atoms with Crippen molar-refractivity contribution in [1.82, 2.24) is 5.32 Å². The van der Waals surface area contributed by atoms with Crippen molar-refractivity contribution in [2.24, 2.45) is 0 Å². The van der Waals surface area contributed by atoms with E-state index in [1.807, 2.05) is 18.2 Å². The molecule has 0 aliphatic rings. The smallest absolute Gasteiger partial charge is 0.0681 e. The zero-order valence-electron chi connectivity index (χ0n) is 12.0. The fourth-order valence-electron chi connectivity index (χ4n) is 2.34. The highest BCUT2D eigenvalue weighted by Gasteiger charge is 2.04. The lowest BCUT2D eigenvalue weighted by molar-refractivity contribution is 0.281. The maximum absolute atomic E-state index is 9.11. The molecule has 0 radical (unpaired) electrons. The average molecular weight is 269 g/mol. The normalized spacial score (nSPS) is 12.3. The number of hydrogen-bond acceptors (Lipinski definition) is 2. The fraction of sp³-hybridized carbons (Fsp3) is 0.333. The number of rotatable bonds is 7. The number of nitrogens with one attached hydrogen (secondary N) is 1. The van der Waals surface area contributed by atoms with Gasteiger partial charge in [0, 0.05) is 6.54 Å². The molecule has 2 N–H and O–H groups in total. The van der Waals surface area contributed by atoms with E-state index in [1.54, 1.807) is 0 Å². The minimum Gasteiger partial charge on any atom is -0.392 e. The Bertz CT molecular complexity index is 510. The molecule has 106 valence electrons. The largest absolute Gasteiger partial charge is 0.392 e. The molecular formula is C18H23NO. The predicted molar refractivity (Wildman–Crippen MR) is 83.5 cm³/mol. The minimum absolute atomic E-state index is 0.110. The van der Waals surface area contributed by atoms with Gasteiger partial charge < -0.3 is 10.4 Å². The molecule has 2 heteroatoms. The summed E-state index contributed by atoms with van der Waals surface area (Å²) in [5.74, 6) is 0.576. The van der Waals surface area contributed by atoms with Crippen molar-refractivity contribution in [3.05, 3.63) is 71.3 Å². The predicted octanol–water partition coefficient (Wildman–Crippen LogP) is 3.46. The van der Waals surface area contributed by atoms with Gasteiger partial charge in [-0.1, -0.05) is 61.5 Å². The monoisotopic (exact) mass is 269 g/mol. The molecular weight excluding hydrogens is 246 g/mol. The summed E-state index contributed by atoms with van der Waals surface area (Å²) in [7, 11) is 0. The zero-order valence-corrected chi connectivity index (χ0v) is 12.0. The molecule has 2 nitrogen and oxygen atoms in total. The summed E-state index contributed by atoms with van der Waals surface area (Å²) < 4.78 is 0. The zero-order chi connectivity index (χ0) is 14.2. The van der Waals surface area contributed by atoms with Crippen molar-refractivity contribution in [2.75, 3.05) is 6.54 Å². The fourth-order valence-corrected chi connectivity index (χ4v) is 2.34. The summed E-state index contributed by atoms with van der Waals surface area (Å²) >= 11 is 0. The van der Waals surface area contributed by atoms with Gasteiger partial charge in [-0.2, -0.15) is 0 Å². The Morgan fingerprint density at radius 1 is 1.00 bits per heavy atom. The van der Waals surface area contributed by atoms with Crippen molar-refractivity contribution in [1.29, 1.82) is 0 Å². The van der Waals surface area contributed by atoms with Gasteiger partial charge in [0.15, 0.2) is 0 Å². The maximum atomic E-state index is 9.11. The summed E-state index contributed by atoms with van der Waals surface area (Å²) in [4.78, 5) is 0. The average Bonchev–Trinajstić information content (AvgIpc) is 2.52. The van der Waals surface area contributed by atoms with Gasteiger partial charge in [0.05, 0.1) is 6.61 Å². The van der Waals surface area contributed by atoms with Crippen molar-refractivity contribution >= 4 is 0 Å². The molecule has 0 aromatic heterocycles. The van der Waals surface area contributed by atoms with Crippen LogP contribution in [-0.2, 0) is 13.2 Å². The van der Waals surface area contributed by atoms with E-state index in [9.17, 15) is 0 Å². The lowest BCUT2D eigenvalue weighted by atomic mass is 9.98. The van der Waals surface area contributed by atoms with Crippen LogP contribution in [0, 0.1) is 0 Å². The van der Waals surface area contributed by atoms with Crippen LogP contribution in [0.25, 0.3) is 0 Å². The van der Waals surface area contributed by atoms with Crippen LogP contribution in [-0.4, -0.2) is 11.7 Å². The Morgan fingerprint density at radius 3 is 2.50 bits per heavy atom. The van der Waals surface area contributed by atoms with Gasteiger partial charge in [0.2, 0.25) is 0 Å². The van der Waals surface area contributed by atoms with Crippen LogP contribution in [0.15, 0.2) is 54.6 Å². The minimum atomic E-state index is 0.110. The van der Waals surface area contributed by atoms with Gasteiger partial charge >= 0.3 is 0 Å². The maximum Gasteiger partial charge on any atom is 0.0681 e. The van der Waals surface area contributed by atoms with Crippen LogP contribution in [0.5, 0.6) is 0 Å². The van der Waals surface area contributed by atoms with E-state index < -0.39 is 0 Å². The van der Waals surface area contributed by atoms with E-state index in [4.69, 9.17) is 5.11 Å². The Hall–Kier alpha value is -1.64. The van der Waals surface area contributed by atoms with Crippen molar-refractivity contribution in [2.45, 2.75) is 32.4 Å². The molecule has 20 heavy (non-hydrogen) atoms. The molecule has 0 fully saturated rings. The van der Waals surface area contributed by atoms with Crippen LogP contribution in [0.4, 0.5) is 0 Å². The van der Waals surface area contributed by atoms with E-state index in [0.29, 0.717) is 5.92 Å². The van der Waals surface area contributed by atoms with Gasteiger partial charge in [-0.15, -0.1) is 0 Å². The standard InChI is InChI=1S/C18H23NO/c1-15(18-8-3-2-4-9-18)10-11-19-13-16-6-5-7-17(12-16)14-20/h2-9,12,15,19-20H,10-11,13-14H2,1H3. The number of aliphatic hydroxyl groups is 1. The highest BCUT2D eigenvalue weighted by Crippen LogP contribution is 2.17. The lowest BCUT2D eigenvalue weighted by Crippen LogP contribution is -2.16. The second kappa shape index (κ2) is 7.83. The van der Waals surface area contributed by atoms with E-state index in [-0.39, 0.29) is 6.61 Å². The Balaban J connectivity index is 1.73. The Labute approximate surface area is 121 Å². The third-order valence-electron chi connectivity index (χ3n) is 3.63. The quantitative estimate of drug-likeness (QED) is 0.754. The Morgan fingerprint density at radius 2 is 1.75 bits per heavy atom. The summed E-state index contributed by atoms with van der Waals surface area (Å²) in [5.41, 5.74) is 3.60. The van der Waals surface area contributed by atoms with E-state index in [2.05, 4.69) is 48.6 Å². The van der Waals surface area contributed by atoms with Crippen LogP contribution >= 0.6 is 0 Å². The van der Waals surface area contributed by atoms with Crippen LogP contribution in [0.1, 0.15) is 36.0 Å². The second-order valence-electron chi connectivity index (χ2n) is 5.26. The molecule has 1 atom stereocenters. The van der Waals surface area contributed by atoms with Crippen molar-refractivity contribution < 1.29 is 5.11 Å². The van der Waals surface area contributed by atoms with Crippen LogP contribution in [0.3, 0.4) is 0 Å². The van der Waals surface area contributed by atoms with Gasteiger partial charge in [-0.05, 0) is 35.6 Å². The second-order valence-corrected chi connectivity index (χ2v) is 5.26. The van der Waals surface area contributed by atoms with Gasteiger partial charge in [0.25, 0.3) is 0 Å². The number of aliphatic hydroxyl groups excluding tert-OH is 1. The molecule has 0 amide bonds. The van der Waals surface area contributed by atoms with Gasteiger partial charge in [0.1, 0.15) is 0 Å². The highest BCUT2D eigenvalue weighted by atomic mass is 16.3. The highest BCUT2D eigenvalue weighted by molar-refractivity contribution is 5.22. The first-order chi connectivity index (χ1) is 9.79. The molecule has 0 aliphatic heterocycles. The lowest BCUT2D eigenvalue weighted by Gasteiger charge is -2.12. The summed E-state index contributed by atoms with van der Waals surface area (Å²) in [5, 5.41) is 12.6. The molecule has 0 aliphatic carbocycles. The third-order valence-corrected chi connectivity index (χ3v) is 3.63. The third kappa shape index (κ3) is 4.48.